The fraction of sp³-hybridized carbons (Fsp3) is 0.136. The van der Waals surface area contributed by atoms with E-state index in [1.165, 1.54) is 101 Å². The lowest BCUT2D eigenvalue weighted by atomic mass is 9.85. The highest BCUT2D eigenvalue weighted by Crippen LogP contribution is 2.45. The van der Waals surface area contributed by atoms with Gasteiger partial charge in [0.2, 0.25) is 22.8 Å². The first-order valence-electron chi connectivity index (χ1n) is 45.1. The van der Waals surface area contributed by atoms with E-state index >= 15 is 0 Å². The third-order valence-corrected chi connectivity index (χ3v) is 26.1. The second-order valence-corrected chi connectivity index (χ2v) is 34.6. The molecule has 0 unspecified atom stereocenters. The van der Waals surface area contributed by atoms with Crippen molar-refractivity contribution in [3.8, 4) is 78.4 Å². The summed E-state index contributed by atoms with van der Waals surface area (Å²) in [5.41, 5.74) is 29.7. The van der Waals surface area contributed by atoms with Crippen LogP contribution < -0.4 is 18.3 Å². The molecule has 1 fully saturated rings. The van der Waals surface area contributed by atoms with E-state index in [0.717, 1.165) is 186 Å². The number of hydrogen-bond donors (Lipinski definition) is 0. The number of fused-ring (bicyclic) bond motifs is 16. The molecule has 8 heterocycles. The van der Waals surface area contributed by atoms with Crippen LogP contribution in [0.5, 0.6) is 0 Å². The average molecular weight is 1660 g/mol. The molecule has 8 aromatic heterocycles. The molecule has 616 valence electrons. The molecular weight excluding hydrogens is 1560 g/mol. The van der Waals surface area contributed by atoms with Gasteiger partial charge >= 0.3 is 0 Å². The third-order valence-electron chi connectivity index (χ3n) is 26.1. The van der Waals surface area contributed by atoms with Crippen LogP contribution in [0.4, 0.5) is 4.39 Å². The smallest absolute Gasteiger partial charge is 0.216 e. The number of hydrogen-bond acceptors (Lipinski definition) is 4. The van der Waals surface area contributed by atoms with Gasteiger partial charge in [0.05, 0.1) is 22.3 Å². The van der Waals surface area contributed by atoms with Crippen LogP contribution in [0.3, 0.4) is 0 Å². The van der Waals surface area contributed by atoms with E-state index in [1.54, 1.807) is 0 Å². The van der Waals surface area contributed by atoms with Crippen LogP contribution in [-0.4, -0.2) is 0 Å². The Bertz CT molecular complexity index is 8130. The van der Waals surface area contributed by atoms with E-state index in [4.69, 9.17) is 20.4 Å². The van der Waals surface area contributed by atoms with Crippen LogP contribution in [0.1, 0.15) is 68.2 Å². The maximum atomic E-state index is 13.4. The maximum absolute atomic E-state index is 13.4. The lowest BCUT2D eigenvalue weighted by Gasteiger charge is -2.21. The average Bonchev–Trinajstić information content (AvgIpc) is 1.61. The number of aromatic nitrogens is 4. The number of rotatable bonds is 9. The zero-order valence-electron chi connectivity index (χ0n) is 74.8. The van der Waals surface area contributed by atoms with E-state index in [1.807, 2.05) is 50.8 Å². The highest BCUT2D eigenvalue weighted by molar-refractivity contribution is 6.17. The molecule has 24 rings (SSSR count). The first-order chi connectivity index (χ1) is 62.8. The normalized spacial score (nSPS) is 12.8. The minimum absolute atomic E-state index is 0.0809. The molecule has 0 saturated heterocycles. The van der Waals surface area contributed by atoms with Gasteiger partial charge in [0, 0.05) is 94.4 Å². The molecule has 1 saturated carbocycles. The van der Waals surface area contributed by atoms with Gasteiger partial charge in [0.25, 0.3) is 0 Å². The van der Waals surface area contributed by atoms with Crippen molar-refractivity contribution >= 4 is 131 Å². The fourth-order valence-electron chi connectivity index (χ4n) is 19.2. The monoisotopic (exact) mass is 1650 g/mol. The number of aryl methyl sites for hydroxylation is 9. The largest absolute Gasteiger partial charge is 0.455 e. The molecule has 15 aromatic carbocycles. The zero-order chi connectivity index (χ0) is 88.0. The van der Waals surface area contributed by atoms with Gasteiger partial charge in [-0.2, -0.15) is 0 Å². The number of benzene rings is 15. The molecular formula is C118H97FN4O4+4. The number of furan rings is 4. The van der Waals surface area contributed by atoms with Gasteiger partial charge in [0.15, 0.2) is 24.8 Å². The molecule has 8 nitrogen and oxygen atoms in total. The molecule has 0 atom stereocenters. The van der Waals surface area contributed by atoms with E-state index in [0.29, 0.717) is 0 Å². The van der Waals surface area contributed by atoms with Crippen molar-refractivity contribution in [2.45, 2.75) is 73.1 Å². The topological polar surface area (TPSA) is 68.1 Å². The first kappa shape index (κ1) is 76.9. The minimum atomic E-state index is -1.34. The predicted molar refractivity (Wildman–Crippen MR) is 522 cm³/mol. The predicted octanol–water partition coefficient (Wildman–Crippen LogP) is 29.7. The second-order valence-electron chi connectivity index (χ2n) is 34.6. The van der Waals surface area contributed by atoms with Crippen molar-refractivity contribution < 1.29 is 43.1 Å². The van der Waals surface area contributed by atoms with Crippen molar-refractivity contribution in [2.75, 3.05) is 0 Å². The van der Waals surface area contributed by atoms with Crippen molar-refractivity contribution in [2.24, 2.45) is 34.1 Å². The van der Waals surface area contributed by atoms with E-state index in [2.05, 4.69) is 364 Å². The quantitative estimate of drug-likeness (QED) is 0.135. The molecule has 23 aromatic rings. The van der Waals surface area contributed by atoms with Crippen LogP contribution >= 0.6 is 0 Å². The summed E-state index contributed by atoms with van der Waals surface area (Å²) in [6.07, 6.45) is 12.4. The Labute approximate surface area is 740 Å². The lowest BCUT2D eigenvalue weighted by molar-refractivity contribution is -0.660. The summed E-state index contributed by atoms with van der Waals surface area (Å²) in [6, 6.07) is 111. The molecule has 127 heavy (non-hydrogen) atoms. The zero-order valence-corrected chi connectivity index (χ0v) is 72.8. The molecule has 0 bridgehead atoms. The first-order valence-corrected chi connectivity index (χ1v) is 44.1. The van der Waals surface area contributed by atoms with Gasteiger partial charge in [0.1, 0.15) is 78.7 Å². The molecule has 0 amide bonds. The van der Waals surface area contributed by atoms with Gasteiger partial charge in [-0.3, -0.25) is 0 Å². The van der Waals surface area contributed by atoms with Crippen molar-refractivity contribution in [1.82, 2.24) is 0 Å². The van der Waals surface area contributed by atoms with Gasteiger partial charge in [-0.25, -0.2) is 22.7 Å². The van der Waals surface area contributed by atoms with Crippen LogP contribution in [0.2, 0.25) is 0 Å². The summed E-state index contributed by atoms with van der Waals surface area (Å²) in [6.45, 7) is 10.7. The Kier molecular flexibility index (Phi) is 20.0. The Hall–Kier alpha value is -14.9. The molecule has 1 aliphatic rings. The van der Waals surface area contributed by atoms with E-state index in [-0.39, 0.29) is 11.7 Å². The Balaban J connectivity index is 0.000000104. The Morgan fingerprint density at radius 3 is 0.890 bits per heavy atom. The summed E-state index contributed by atoms with van der Waals surface area (Å²) < 4.78 is 66.1. The van der Waals surface area contributed by atoms with Gasteiger partial charge in [-0.1, -0.05) is 250 Å². The second kappa shape index (κ2) is 33.0. The summed E-state index contributed by atoms with van der Waals surface area (Å²) in [5, 5.41) is 18.7. The van der Waals surface area contributed by atoms with E-state index < -0.39 is 6.37 Å². The van der Waals surface area contributed by atoms with Crippen LogP contribution in [0.25, 0.3) is 209 Å². The van der Waals surface area contributed by atoms with Gasteiger partial charge < -0.3 is 17.7 Å². The summed E-state index contributed by atoms with van der Waals surface area (Å²) in [4.78, 5) is 0. The molecule has 0 aliphatic heterocycles. The molecule has 0 N–H and O–H groups in total. The Morgan fingerprint density at radius 1 is 0.276 bits per heavy atom. The van der Waals surface area contributed by atoms with Crippen LogP contribution in [0, 0.1) is 46.4 Å². The number of nitrogens with zero attached hydrogens (tertiary/aromatic N) is 4. The van der Waals surface area contributed by atoms with Crippen LogP contribution in [0.15, 0.2) is 364 Å². The van der Waals surface area contributed by atoms with Crippen molar-refractivity contribution in [3.05, 3.63) is 386 Å². The number of pyridine rings is 4. The lowest BCUT2D eigenvalue weighted by Crippen LogP contribution is -2.31. The SMILES string of the molecule is Cc1ccc(-c2cc[n+](C)c(-c3c(C)ccc4c3oc3cc5ccccc5cc34)c2)cc1.Cc1ccc2c(oc3cc4ccccc4cc32)c1-c1cc(-c2ccc(F)cc2)cc[n+]1C.Cc1ccc2c(oc3cc4ccccc4cc32)c1-c1cc(-c2ccccc2)cc[n+]1C.[2H]C([2H])(c1cc[n+](C)c(-c2c(C)ccc3c2oc2cc4ccccc4cc23)c1)C1CCCCC1. The summed E-state index contributed by atoms with van der Waals surface area (Å²) in [7, 11) is 8.27. The molecule has 0 spiro atoms. The standard InChI is InChI=1S/C30H24NO.C30H30NO.C29H21FNO.C29H22NO/c1-19-8-11-21(12-9-19)24-14-15-31(3)27(17-24)29-20(2)10-13-25-26-16-22-6-4-5-7-23(22)18-28(26)32-30(25)29;1-20-12-13-25-26-18-23-10-6-7-11-24(23)19-28(26)32-30(25)29(20)27-17-22(14-15-31(27)2)16-21-8-4-3-5-9-21;1-18-7-12-24-25-15-20-5-3-4-6-21(20)17-27(25)32-29(24)28(18)26-16-22(13-14-31(26)2)19-8-10-23(30)11-9-19;1-19-12-13-24-25-16-21-10-6-7-11-22(21)18-27(25)31-29(24)28(19)26-17-23(14-15-30(26)2)20-8-4-3-5-9-20/h4-18H,1-3H3;6-7,10-15,17-19,21H,3-5,8-9,16H2,1-2H3;3-17H,1-2H3;3-18H,1-2H3/q4*+1/i;16D2;;. The highest BCUT2D eigenvalue weighted by atomic mass is 19.1. The van der Waals surface area contributed by atoms with Crippen molar-refractivity contribution in [1.29, 1.82) is 0 Å². The molecule has 1 aliphatic carbocycles. The van der Waals surface area contributed by atoms with Gasteiger partial charge in [-0.15, -0.1) is 0 Å². The summed E-state index contributed by atoms with van der Waals surface area (Å²) in [5.74, 6) is -0.150. The molecule has 9 heteroatoms. The minimum Gasteiger partial charge on any atom is -0.455 e. The van der Waals surface area contributed by atoms with Gasteiger partial charge in [-0.05, 0) is 212 Å². The van der Waals surface area contributed by atoms with Crippen LogP contribution in [-0.2, 0) is 34.6 Å². The third kappa shape index (κ3) is 15.0. The van der Waals surface area contributed by atoms with E-state index in [9.17, 15) is 4.39 Å². The maximum Gasteiger partial charge on any atom is 0.216 e. The summed E-state index contributed by atoms with van der Waals surface area (Å²) >= 11 is 0. The molecule has 0 radical (unpaired) electrons. The number of halogens is 1. The van der Waals surface area contributed by atoms with Crippen molar-refractivity contribution in [3.63, 3.8) is 0 Å². The highest BCUT2D eigenvalue weighted by Gasteiger charge is 2.28. The fourth-order valence-corrected chi connectivity index (χ4v) is 19.2. The Morgan fingerprint density at radius 2 is 0.559 bits per heavy atom.